The molecule has 0 aliphatic carbocycles. The first kappa shape index (κ1) is 16.2. The SMILES string of the molecule is CCSCCC(C)NC(C)c1ccc(Cl)cc1Cl. The van der Waals surface area contributed by atoms with Crippen LogP contribution in [0.1, 0.15) is 38.8 Å². The average molecular weight is 306 g/mol. The highest BCUT2D eigenvalue weighted by Crippen LogP contribution is 2.26. The smallest absolute Gasteiger partial charge is 0.0468 e. The van der Waals surface area contributed by atoms with Gasteiger partial charge in [0.25, 0.3) is 0 Å². The lowest BCUT2D eigenvalue weighted by Gasteiger charge is -2.21. The molecule has 0 aromatic heterocycles. The highest BCUT2D eigenvalue weighted by molar-refractivity contribution is 7.99. The monoisotopic (exact) mass is 305 g/mol. The molecule has 0 saturated heterocycles. The van der Waals surface area contributed by atoms with Gasteiger partial charge < -0.3 is 5.32 Å². The predicted molar refractivity (Wildman–Crippen MR) is 85.1 cm³/mol. The molecule has 0 aliphatic heterocycles. The fourth-order valence-corrected chi connectivity index (χ4v) is 3.24. The zero-order chi connectivity index (χ0) is 13.5. The second-order valence-electron chi connectivity index (χ2n) is 4.44. The van der Waals surface area contributed by atoms with E-state index < -0.39 is 0 Å². The first-order valence-electron chi connectivity index (χ1n) is 6.33. The lowest BCUT2D eigenvalue weighted by Crippen LogP contribution is -2.29. The van der Waals surface area contributed by atoms with E-state index in [1.807, 2.05) is 23.9 Å². The van der Waals surface area contributed by atoms with E-state index in [1.54, 1.807) is 6.07 Å². The topological polar surface area (TPSA) is 12.0 Å². The molecule has 2 atom stereocenters. The molecule has 0 fully saturated rings. The van der Waals surface area contributed by atoms with Crippen LogP contribution in [0, 0.1) is 0 Å². The average Bonchev–Trinajstić information content (AvgIpc) is 2.28. The van der Waals surface area contributed by atoms with E-state index in [2.05, 4.69) is 26.1 Å². The molecule has 4 heteroatoms. The Morgan fingerprint density at radius 2 is 2.00 bits per heavy atom. The lowest BCUT2D eigenvalue weighted by atomic mass is 10.1. The third-order valence-corrected chi connectivity index (χ3v) is 4.36. The minimum atomic E-state index is 0.247. The molecule has 0 heterocycles. The van der Waals surface area contributed by atoms with E-state index >= 15 is 0 Å². The molecule has 1 nitrogen and oxygen atoms in total. The maximum Gasteiger partial charge on any atom is 0.0468 e. The summed E-state index contributed by atoms with van der Waals surface area (Å²) in [6, 6.07) is 6.42. The molecule has 0 amide bonds. The predicted octanol–water partition coefficient (Wildman–Crippen LogP) is 5.18. The second-order valence-corrected chi connectivity index (χ2v) is 6.68. The Bertz CT molecular complexity index is 371. The summed E-state index contributed by atoms with van der Waals surface area (Å²) in [7, 11) is 0. The van der Waals surface area contributed by atoms with Crippen molar-refractivity contribution in [3.05, 3.63) is 33.8 Å². The van der Waals surface area contributed by atoms with Crippen molar-refractivity contribution in [1.82, 2.24) is 5.32 Å². The number of halogens is 2. The van der Waals surface area contributed by atoms with Gasteiger partial charge in [0.05, 0.1) is 0 Å². The minimum absolute atomic E-state index is 0.247. The van der Waals surface area contributed by atoms with Crippen LogP contribution >= 0.6 is 35.0 Å². The molecule has 102 valence electrons. The van der Waals surface area contributed by atoms with Crippen molar-refractivity contribution in [1.29, 1.82) is 0 Å². The Morgan fingerprint density at radius 3 is 2.61 bits per heavy atom. The van der Waals surface area contributed by atoms with Crippen molar-refractivity contribution in [2.45, 2.75) is 39.3 Å². The molecule has 2 unspecified atom stereocenters. The van der Waals surface area contributed by atoms with Gasteiger partial charge in [-0.2, -0.15) is 11.8 Å². The Labute approximate surface area is 125 Å². The summed E-state index contributed by atoms with van der Waals surface area (Å²) in [5, 5.41) is 4.99. The summed E-state index contributed by atoms with van der Waals surface area (Å²) in [6.45, 7) is 6.55. The van der Waals surface area contributed by atoms with Crippen LogP contribution in [0.15, 0.2) is 18.2 Å². The van der Waals surface area contributed by atoms with Crippen molar-refractivity contribution in [3.8, 4) is 0 Å². The van der Waals surface area contributed by atoms with E-state index in [9.17, 15) is 0 Å². The van der Waals surface area contributed by atoms with E-state index in [4.69, 9.17) is 23.2 Å². The summed E-state index contributed by atoms with van der Waals surface area (Å²) < 4.78 is 0. The third-order valence-electron chi connectivity index (χ3n) is 2.86. The molecule has 0 bridgehead atoms. The Balaban J connectivity index is 2.51. The molecule has 1 aromatic rings. The van der Waals surface area contributed by atoms with Crippen LogP contribution in [0.25, 0.3) is 0 Å². The number of hydrogen-bond donors (Lipinski definition) is 1. The maximum atomic E-state index is 6.21. The van der Waals surface area contributed by atoms with Gasteiger partial charge in [0.1, 0.15) is 0 Å². The number of rotatable bonds is 7. The summed E-state index contributed by atoms with van der Waals surface area (Å²) in [5.74, 6) is 2.39. The molecular weight excluding hydrogens is 285 g/mol. The highest BCUT2D eigenvalue weighted by Gasteiger charge is 2.12. The van der Waals surface area contributed by atoms with Gasteiger partial charge in [-0.15, -0.1) is 0 Å². The Morgan fingerprint density at radius 1 is 1.28 bits per heavy atom. The van der Waals surface area contributed by atoms with Crippen molar-refractivity contribution in [2.75, 3.05) is 11.5 Å². The molecule has 0 spiro atoms. The molecule has 0 aliphatic rings. The largest absolute Gasteiger partial charge is 0.308 e. The number of thioether (sulfide) groups is 1. The quantitative estimate of drug-likeness (QED) is 0.697. The van der Waals surface area contributed by atoms with Crippen LogP contribution in [0.4, 0.5) is 0 Å². The van der Waals surface area contributed by atoms with Gasteiger partial charge in [-0.3, -0.25) is 0 Å². The summed E-state index contributed by atoms with van der Waals surface area (Å²) >= 11 is 14.1. The van der Waals surface area contributed by atoms with Gasteiger partial charge in [0.2, 0.25) is 0 Å². The van der Waals surface area contributed by atoms with Gasteiger partial charge in [0, 0.05) is 22.1 Å². The zero-order valence-electron chi connectivity index (χ0n) is 11.2. The van der Waals surface area contributed by atoms with Crippen LogP contribution in [-0.2, 0) is 0 Å². The standard InChI is InChI=1S/C14H21Cl2NS/c1-4-18-8-7-10(2)17-11(3)13-6-5-12(15)9-14(13)16/h5-6,9-11,17H,4,7-8H2,1-3H3. The lowest BCUT2D eigenvalue weighted by molar-refractivity contribution is 0.472. The molecule has 1 N–H and O–H groups in total. The van der Waals surface area contributed by atoms with E-state index in [-0.39, 0.29) is 6.04 Å². The third kappa shape index (κ3) is 5.40. The van der Waals surface area contributed by atoms with Crippen molar-refractivity contribution in [2.24, 2.45) is 0 Å². The molecule has 1 aromatic carbocycles. The number of benzene rings is 1. The Hall–Kier alpha value is 0.110. The first-order valence-corrected chi connectivity index (χ1v) is 8.24. The van der Waals surface area contributed by atoms with Gasteiger partial charge in [-0.1, -0.05) is 36.2 Å². The van der Waals surface area contributed by atoms with Gasteiger partial charge in [-0.05, 0) is 49.5 Å². The van der Waals surface area contributed by atoms with Crippen molar-refractivity contribution in [3.63, 3.8) is 0 Å². The van der Waals surface area contributed by atoms with Crippen molar-refractivity contribution >= 4 is 35.0 Å². The van der Waals surface area contributed by atoms with Crippen LogP contribution in [0.5, 0.6) is 0 Å². The zero-order valence-corrected chi connectivity index (χ0v) is 13.5. The van der Waals surface area contributed by atoms with Gasteiger partial charge in [0.15, 0.2) is 0 Å². The molecule has 18 heavy (non-hydrogen) atoms. The summed E-state index contributed by atoms with van der Waals surface area (Å²) in [5.41, 5.74) is 1.11. The fourth-order valence-electron chi connectivity index (χ4n) is 1.86. The van der Waals surface area contributed by atoms with E-state index in [1.165, 1.54) is 17.9 Å². The highest BCUT2D eigenvalue weighted by atomic mass is 35.5. The molecule has 0 radical (unpaired) electrons. The van der Waals surface area contributed by atoms with Crippen molar-refractivity contribution < 1.29 is 0 Å². The first-order chi connectivity index (χ1) is 8.54. The van der Waals surface area contributed by atoms with E-state index in [0.29, 0.717) is 11.1 Å². The number of hydrogen-bond acceptors (Lipinski definition) is 2. The fraction of sp³-hybridized carbons (Fsp3) is 0.571. The minimum Gasteiger partial charge on any atom is -0.308 e. The van der Waals surface area contributed by atoms with E-state index in [0.717, 1.165) is 10.6 Å². The summed E-state index contributed by atoms with van der Waals surface area (Å²) in [4.78, 5) is 0. The van der Waals surface area contributed by atoms with Crippen LogP contribution in [0.3, 0.4) is 0 Å². The van der Waals surface area contributed by atoms with Crippen LogP contribution in [-0.4, -0.2) is 17.5 Å². The second kappa shape index (κ2) is 8.31. The van der Waals surface area contributed by atoms with Gasteiger partial charge >= 0.3 is 0 Å². The summed E-state index contributed by atoms with van der Waals surface area (Å²) in [6.07, 6.45) is 1.17. The van der Waals surface area contributed by atoms with Crippen LogP contribution in [0.2, 0.25) is 10.0 Å². The molecule has 0 saturated carbocycles. The molecule has 1 rings (SSSR count). The Kier molecular flexibility index (Phi) is 7.47. The molecular formula is C14H21Cl2NS. The normalized spacial score (nSPS) is 14.5. The van der Waals surface area contributed by atoms with Crippen LogP contribution < -0.4 is 5.32 Å². The maximum absolute atomic E-state index is 6.21. The number of nitrogens with one attached hydrogen (secondary N) is 1. The van der Waals surface area contributed by atoms with Gasteiger partial charge in [-0.25, -0.2) is 0 Å².